The number of thiol groups is 1. The maximum Gasteiger partial charge on any atom is 0.115 e. The van der Waals surface area contributed by atoms with E-state index in [2.05, 4.69) is 17.9 Å². The van der Waals surface area contributed by atoms with E-state index >= 15 is 0 Å². The van der Waals surface area contributed by atoms with Crippen LogP contribution >= 0.6 is 12.6 Å². The Balaban J connectivity index is 2.30. The molecule has 76 valence electrons. The Bertz CT molecular complexity index is 327. The van der Waals surface area contributed by atoms with E-state index in [0.29, 0.717) is 11.8 Å². The van der Waals surface area contributed by atoms with Crippen molar-refractivity contribution in [2.45, 2.75) is 18.9 Å². The van der Waals surface area contributed by atoms with Crippen LogP contribution in [-0.4, -0.2) is 17.4 Å². The molecule has 3 heteroatoms. The lowest BCUT2D eigenvalue weighted by Gasteiger charge is -2.26. The van der Waals surface area contributed by atoms with Gasteiger partial charge in [0.25, 0.3) is 0 Å². The second kappa shape index (κ2) is 4.24. The summed E-state index contributed by atoms with van der Waals surface area (Å²) in [5, 5.41) is 12.8. The fourth-order valence-corrected chi connectivity index (χ4v) is 2.28. The molecule has 1 heterocycles. The van der Waals surface area contributed by atoms with Gasteiger partial charge in [-0.1, -0.05) is 6.07 Å². The van der Waals surface area contributed by atoms with E-state index in [1.165, 1.54) is 11.1 Å². The molecule has 0 fully saturated rings. The van der Waals surface area contributed by atoms with E-state index in [-0.39, 0.29) is 0 Å². The molecule has 1 aliphatic rings. The lowest BCUT2D eigenvalue weighted by atomic mass is 9.93. The van der Waals surface area contributed by atoms with Crippen molar-refractivity contribution in [1.82, 2.24) is 5.32 Å². The topological polar surface area (TPSA) is 32.3 Å². The molecule has 2 N–H and O–H groups in total. The van der Waals surface area contributed by atoms with Crippen LogP contribution < -0.4 is 5.32 Å². The minimum absolute atomic E-state index is 0.371. The first-order valence-electron chi connectivity index (χ1n) is 4.97. The van der Waals surface area contributed by atoms with Gasteiger partial charge in [0.15, 0.2) is 0 Å². The molecule has 0 radical (unpaired) electrons. The van der Waals surface area contributed by atoms with Crippen molar-refractivity contribution in [3.63, 3.8) is 0 Å². The lowest BCUT2D eigenvalue weighted by Crippen LogP contribution is -2.29. The quantitative estimate of drug-likeness (QED) is 0.650. The number of rotatable bonds is 2. The minimum Gasteiger partial charge on any atom is -0.508 e. The molecule has 0 spiro atoms. The third kappa shape index (κ3) is 1.88. The van der Waals surface area contributed by atoms with Crippen LogP contribution in [0.5, 0.6) is 5.75 Å². The predicted octanol–water partition coefficient (Wildman–Crippen LogP) is 1.90. The summed E-state index contributed by atoms with van der Waals surface area (Å²) < 4.78 is 0. The number of phenolic OH excluding ortho intramolecular Hbond substituents is 1. The molecule has 1 aromatic carbocycles. The molecule has 0 saturated heterocycles. The Morgan fingerprint density at radius 2 is 2.36 bits per heavy atom. The molecule has 0 aliphatic carbocycles. The molecule has 2 nitrogen and oxygen atoms in total. The van der Waals surface area contributed by atoms with Crippen molar-refractivity contribution in [3.8, 4) is 5.75 Å². The average molecular weight is 209 g/mol. The van der Waals surface area contributed by atoms with E-state index in [1.807, 2.05) is 12.1 Å². The van der Waals surface area contributed by atoms with Crippen molar-refractivity contribution in [1.29, 1.82) is 0 Å². The summed E-state index contributed by atoms with van der Waals surface area (Å²) in [4.78, 5) is 0. The summed E-state index contributed by atoms with van der Waals surface area (Å²) in [5.74, 6) is 1.26. The highest BCUT2D eigenvalue weighted by molar-refractivity contribution is 7.80. The third-order valence-corrected chi connectivity index (χ3v) is 2.96. The molecule has 14 heavy (non-hydrogen) atoms. The first kappa shape index (κ1) is 9.87. The largest absolute Gasteiger partial charge is 0.508 e. The van der Waals surface area contributed by atoms with Crippen molar-refractivity contribution in [2.75, 3.05) is 12.3 Å². The van der Waals surface area contributed by atoms with Crippen LogP contribution in [0.4, 0.5) is 0 Å². The monoisotopic (exact) mass is 209 g/mol. The molecular formula is C11H15NOS. The second-order valence-corrected chi connectivity index (χ2v) is 4.10. The molecule has 1 atom stereocenters. The van der Waals surface area contributed by atoms with Gasteiger partial charge in [-0.25, -0.2) is 0 Å². The van der Waals surface area contributed by atoms with Gasteiger partial charge >= 0.3 is 0 Å². The molecule has 2 rings (SSSR count). The van der Waals surface area contributed by atoms with Gasteiger partial charge in [-0.15, -0.1) is 0 Å². The van der Waals surface area contributed by atoms with Gasteiger partial charge in [0.2, 0.25) is 0 Å². The number of fused-ring (bicyclic) bond motifs is 1. The van der Waals surface area contributed by atoms with E-state index in [0.717, 1.165) is 25.1 Å². The van der Waals surface area contributed by atoms with Crippen LogP contribution in [0.2, 0.25) is 0 Å². The van der Waals surface area contributed by atoms with Gasteiger partial charge in [0.05, 0.1) is 0 Å². The van der Waals surface area contributed by atoms with Crippen LogP contribution in [0.15, 0.2) is 18.2 Å². The van der Waals surface area contributed by atoms with E-state index in [1.54, 1.807) is 6.07 Å². The second-order valence-electron chi connectivity index (χ2n) is 3.65. The van der Waals surface area contributed by atoms with Crippen LogP contribution in [0.1, 0.15) is 23.6 Å². The summed E-state index contributed by atoms with van der Waals surface area (Å²) >= 11 is 4.25. The van der Waals surface area contributed by atoms with Gasteiger partial charge in [-0.05, 0) is 48.4 Å². The normalized spacial score (nSPS) is 20.5. The lowest BCUT2D eigenvalue weighted by molar-refractivity contribution is 0.465. The highest BCUT2D eigenvalue weighted by atomic mass is 32.1. The van der Waals surface area contributed by atoms with E-state index in [9.17, 15) is 5.11 Å². The number of benzene rings is 1. The van der Waals surface area contributed by atoms with Gasteiger partial charge < -0.3 is 10.4 Å². The van der Waals surface area contributed by atoms with Crippen LogP contribution in [0, 0.1) is 0 Å². The fourth-order valence-electron chi connectivity index (χ4n) is 2.03. The van der Waals surface area contributed by atoms with E-state index in [4.69, 9.17) is 0 Å². The Labute approximate surface area is 89.7 Å². The summed E-state index contributed by atoms with van der Waals surface area (Å²) in [6.07, 6.45) is 2.05. The standard InChI is InChI=1S/C11H15NOS/c13-9-1-2-10-8(7-9)3-5-12-11(10)4-6-14/h1-2,7,11-14H,3-6H2. The maximum atomic E-state index is 9.37. The van der Waals surface area contributed by atoms with Crippen molar-refractivity contribution < 1.29 is 5.11 Å². The average Bonchev–Trinajstić information content (AvgIpc) is 2.18. The Hall–Kier alpha value is -0.670. The predicted molar refractivity (Wildman–Crippen MR) is 61.0 cm³/mol. The first-order chi connectivity index (χ1) is 6.81. The van der Waals surface area contributed by atoms with Gasteiger partial charge in [0.1, 0.15) is 5.75 Å². The zero-order chi connectivity index (χ0) is 9.97. The van der Waals surface area contributed by atoms with Crippen molar-refractivity contribution in [2.24, 2.45) is 0 Å². The third-order valence-electron chi connectivity index (χ3n) is 2.70. The number of phenols is 1. The summed E-state index contributed by atoms with van der Waals surface area (Å²) in [6.45, 7) is 0.995. The molecule has 0 bridgehead atoms. The zero-order valence-electron chi connectivity index (χ0n) is 8.03. The smallest absolute Gasteiger partial charge is 0.115 e. The number of hydrogen-bond donors (Lipinski definition) is 3. The molecule has 1 unspecified atom stereocenters. The Morgan fingerprint density at radius 1 is 1.50 bits per heavy atom. The molecule has 1 aliphatic heterocycles. The Kier molecular flexibility index (Phi) is 2.99. The first-order valence-corrected chi connectivity index (χ1v) is 5.60. The van der Waals surface area contributed by atoms with Crippen LogP contribution in [0.3, 0.4) is 0 Å². The van der Waals surface area contributed by atoms with Crippen LogP contribution in [0.25, 0.3) is 0 Å². The Morgan fingerprint density at radius 3 is 3.14 bits per heavy atom. The molecule has 0 amide bonds. The zero-order valence-corrected chi connectivity index (χ0v) is 8.93. The summed E-state index contributed by atoms with van der Waals surface area (Å²) in [5.41, 5.74) is 2.60. The fraction of sp³-hybridized carbons (Fsp3) is 0.455. The van der Waals surface area contributed by atoms with Gasteiger partial charge in [-0.2, -0.15) is 12.6 Å². The number of hydrogen-bond acceptors (Lipinski definition) is 3. The summed E-state index contributed by atoms with van der Waals surface area (Å²) in [6, 6.07) is 6.07. The SMILES string of the molecule is Oc1ccc2c(c1)CCNC2CCS. The highest BCUT2D eigenvalue weighted by Crippen LogP contribution is 2.28. The molecule has 0 saturated carbocycles. The molecule has 0 aromatic heterocycles. The molecular weight excluding hydrogens is 194 g/mol. The van der Waals surface area contributed by atoms with Crippen LogP contribution in [-0.2, 0) is 6.42 Å². The maximum absolute atomic E-state index is 9.37. The van der Waals surface area contributed by atoms with Gasteiger partial charge in [-0.3, -0.25) is 0 Å². The highest BCUT2D eigenvalue weighted by Gasteiger charge is 2.18. The van der Waals surface area contributed by atoms with E-state index < -0.39 is 0 Å². The summed E-state index contributed by atoms with van der Waals surface area (Å²) in [7, 11) is 0. The molecule has 1 aromatic rings. The van der Waals surface area contributed by atoms with Crippen molar-refractivity contribution >= 4 is 12.6 Å². The van der Waals surface area contributed by atoms with Crippen molar-refractivity contribution in [3.05, 3.63) is 29.3 Å². The number of aromatic hydroxyl groups is 1. The van der Waals surface area contributed by atoms with Gasteiger partial charge in [0, 0.05) is 6.04 Å². The minimum atomic E-state index is 0.371. The number of nitrogens with one attached hydrogen (secondary N) is 1.